The first kappa shape index (κ1) is 16.3. The van der Waals surface area contributed by atoms with Crippen LogP contribution in [0.1, 0.15) is 34.6 Å². The third-order valence-corrected chi connectivity index (χ3v) is 4.97. The standard InChI is InChI=1S/C24H20O2/c1-26-22(25)16-21-19-14-8-9-15-20(19)23(17-10-4-2-5-11-17)24(21)18-12-6-3-7-13-18/h2-15,21H,16H2,1H3. The predicted octanol–water partition coefficient (Wildman–Crippen LogP) is 5.31. The molecule has 2 nitrogen and oxygen atoms in total. The number of esters is 1. The monoisotopic (exact) mass is 340 g/mol. The molecule has 3 aromatic rings. The van der Waals surface area contributed by atoms with Gasteiger partial charge in [-0.3, -0.25) is 4.79 Å². The van der Waals surface area contributed by atoms with Crippen molar-refractivity contribution in [3.63, 3.8) is 0 Å². The van der Waals surface area contributed by atoms with Crippen LogP contribution in [0, 0.1) is 0 Å². The van der Waals surface area contributed by atoms with Crippen LogP contribution >= 0.6 is 0 Å². The van der Waals surface area contributed by atoms with Crippen LogP contribution in [-0.2, 0) is 9.53 Å². The van der Waals surface area contributed by atoms with Crippen molar-refractivity contribution in [3.8, 4) is 0 Å². The van der Waals surface area contributed by atoms with Crippen molar-refractivity contribution < 1.29 is 9.53 Å². The third kappa shape index (κ3) is 2.84. The number of hydrogen-bond donors (Lipinski definition) is 0. The van der Waals surface area contributed by atoms with Gasteiger partial charge in [0.1, 0.15) is 0 Å². The van der Waals surface area contributed by atoms with Gasteiger partial charge in [0.2, 0.25) is 0 Å². The van der Waals surface area contributed by atoms with Crippen molar-refractivity contribution in [1.82, 2.24) is 0 Å². The Hall–Kier alpha value is -3.13. The minimum Gasteiger partial charge on any atom is -0.469 e. The molecular formula is C24H20O2. The van der Waals surface area contributed by atoms with Gasteiger partial charge < -0.3 is 4.74 Å². The SMILES string of the molecule is COC(=O)CC1C(c2ccccc2)=C(c2ccccc2)c2ccccc21. The van der Waals surface area contributed by atoms with Gasteiger partial charge in [-0.05, 0) is 33.4 Å². The van der Waals surface area contributed by atoms with Gasteiger partial charge in [0.05, 0.1) is 13.5 Å². The number of methoxy groups -OCH3 is 1. The summed E-state index contributed by atoms with van der Waals surface area (Å²) in [5.74, 6) is -0.191. The second-order valence-electron chi connectivity index (χ2n) is 6.44. The van der Waals surface area contributed by atoms with Crippen molar-refractivity contribution in [2.75, 3.05) is 7.11 Å². The molecule has 0 aromatic heterocycles. The molecule has 0 saturated heterocycles. The lowest BCUT2D eigenvalue weighted by atomic mass is 9.87. The normalized spacial score (nSPS) is 15.7. The van der Waals surface area contributed by atoms with Gasteiger partial charge in [-0.2, -0.15) is 0 Å². The van der Waals surface area contributed by atoms with Crippen LogP contribution in [-0.4, -0.2) is 13.1 Å². The van der Waals surface area contributed by atoms with Gasteiger partial charge in [-0.25, -0.2) is 0 Å². The number of allylic oxidation sites excluding steroid dienone is 1. The van der Waals surface area contributed by atoms with E-state index in [4.69, 9.17) is 4.74 Å². The fraction of sp³-hybridized carbons (Fsp3) is 0.125. The molecule has 1 atom stereocenters. The molecule has 2 heteroatoms. The number of rotatable bonds is 4. The molecule has 0 aliphatic heterocycles. The van der Waals surface area contributed by atoms with Crippen LogP contribution in [0.5, 0.6) is 0 Å². The van der Waals surface area contributed by atoms with Gasteiger partial charge in [0.15, 0.2) is 0 Å². The van der Waals surface area contributed by atoms with Gasteiger partial charge >= 0.3 is 5.97 Å². The quantitative estimate of drug-likeness (QED) is 0.602. The number of ether oxygens (including phenoxy) is 1. The minimum atomic E-state index is -0.187. The van der Waals surface area contributed by atoms with Crippen LogP contribution in [0.3, 0.4) is 0 Å². The molecule has 0 N–H and O–H groups in total. The molecule has 0 saturated carbocycles. The Morgan fingerprint density at radius 3 is 2.04 bits per heavy atom. The maximum atomic E-state index is 12.2. The molecule has 128 valence electrons. The molecule has 0 heterocycles. The van der Waals surface area contributed by atoms with Crippen LogP contribution in [0.15, 0.2) is 84.9 Å². The van der Waals surface area contributed by atoms with E-state index in [0.29, 0.717) is 6.42 Å². The summed E-state index contributed by atoms with van der Waals surface area (Å²) in [6.07, 6.45) is 0.341. The highest BCUT2D eigenvalue weighted by atomic mass is 16.5. The number of hydrogen-bond acceptors (Lipinski definition) is 2. The van der Waals surface area contributed by atoms with Crippen LogP contribution < -0.4 is 0 Å². The van der Waals surface area contributed by atoms with E-state index in [-0.39, 0.29) is 11.9 Å². The zero-order chi connectivity index (χ0) is 17.9. The number of benzene rings is 3. The number of carbonyl (C=O) groups excluding carboxylic acids is 1. The lowest BCUT2D eigenvalue weighted by molar-refractivity contribution is -0.140. The highest BCUT2D eigenvalue weighted by Gasteiger charge is 2.34. The summed E-state index contributed by atoms with van der Waals surface area (Å²) in [7, 11) is 1.45. The van der Waals surface area contributed by atoms with E-state index < -0.39 is 0 Å². The second-order valence-corrected chi connectivity index (χ2v) is 6.44. The second kappa shape index (κ2) is 7.01. The Morgan fingerprint density at radius 1 is 0.808 bits per heavy atom. The average molecular weight is 340 g/mol. The first-order valence-corrected chi connectivity index (χ1v) is 8.80. The smallest absolute Gasteiger partial charge is 0.306 e. The summed E-state index contributed by atoms with van der Waals surface area (Å²) in [4.78, 5) is 12.2. The van der Waals surface area contributed by atoms with Gasteiger partial charge in [-0.1, -0.05) is 84.9 Å². The Kier molecular flexibility index (Phi) is 4.40. The first-order chi connectivity index (χ1) is 12.8. The van der Waals surface area contributed by atoms with E-state index >= 15 is 0 Å². The highest BCUT2D eigenvalue weighted by molar-refractivity contribution is 6.06. The summed E-state index contributed by atoms with van der Waals surface area (Å²) in [5.41, 5.74) is 7.12. The van der Waals surface area contributed by atoms with E-state index in [1.807, 2.05) is 30.3 Å². The summed E-state index contributed by atoms with van der Waals surface area (Å²) < 4.78 is 4.99. The predicted molar refractivity (Wildman–Crippen MR) is 105 cm³/mol. The fourth-order valence-electron chi connectivity index (χ4n) is 3.84. The largest absolute Gasteiger partial charge is 0.469 e. The lowest BCUT2D eigenvalue weighted by Gasteiger charge is -2.17. The number of fused-ring (bicyclic) bond motifs is 1. The Morgan fingerprint density at radius 2 is 1.38 bits per heavy atom. The third-order valence-electron chi connectivity index (χ3n) is 4.97. The maximum Gasteiger partial charge on any atom is 0.306 e. The first-order valence-electron chi connectivity index (χ1n) is 8.80. The summed E-state index contributed by atoms with van der Waals surface area (Å²) in [6.45, 7) is 0. The van der Waals surface area contributed by atoms with Crippen LogP contribution in [0.2, 0.25) is 0 Å². The molecular weight excluding hydrogens is 320 g/mol. The van der Waals surface area contributed by atoms with E-state index in [1.165, 1.54) is 34.9 Å². The zero-order valence-electron chi connectivity index (χ0n) is 14.7. The van der Waals surface area contributed by atoms with Crippen molar-refractivity contribution in [1.29, 1.82) is 0 Å². The molecule has 0 bridgehead atoms. The molecule has 1 aliphatic rings. The molecule has 4 rings (SSSR count). The molecule has 3 aromatic carbocycles. The van der Waals surface area contributed by atoms with Crippen molar-refractivity contribution >= 4 is 17.1 Å². The minimum absolute atomic E-state index is 0.00347. The summed E-state index contributed by atoms with van der Waals surface area (Å²) in [5, 5.41) is 0. The zero-order valence-corrected chi connectivity index (χ0v) is 14.7. The molecule has 1 aliphatic carbocycles. The lowest BCUT2D eigenvalue weighted by Crippen LogP contribution is -2.08. The van der Waals surface area contributed by atoms with Crippen molar-refractivity contribution in [2.45, 2.75) is 12.3 Å². The van der Waals surface area contributed by atoms with E-state index in [9.17, 15) is 4.79 Å². The summed E-state index contributed by atoms with van der Waals surface area (Å²) >= 11 is 0. The molecule has 0 spiro atoms. The van der Waals surface area contributed by atoms with Gasteiger partial charge in [0, 0.05) is 5.92 Å². The Bertz CT molecular complexity index is 956. The summed E-state index contributed by atoms with van der Waals surface area (Å²) in [6, 6.07) is 29.1. The number of carbonyl (C=O) groups is 1. The van der Waals surface area contributed by atoms with E-state index in [0.717, 1.165) is 5.56 Å². The highest BCUT2D eigenvalue weighted by Crippen LogP contribution is 2.50. The van der Waals surface area contributed by atoms with Crippen molar-refractivity contribution in [3.05, 3.63) is 107 Å². The molecule has 26 heavy (non-hydrogen) atoms. The van der Waals surface area contributed by atoms with E-state index in [1.54, 1.807) is 0 Å². The average Bonchev–Trinajstić information content (AvgIpc) is 3.03. The Labute approximate surface area is 153 Å². The molecule has 0 fully saturated rings. The van der Waals surface area contributed by atoms with Crippen LogP contribution in [0.4, 0.5) is 0 Å². The van der Waals surface area contributed by atoms with Crippen molar-refractivity contribution in [2.24, 2.45) is 0 Å². The van der Waals surface area contributed by atoms with E-state index in [2.05, 4.69) is 54.6 Å². The maximum absolute atomic E-state index is 12.2. The molecule has 1 unspecified atom stereocenters. The Balaban J connectivity index is 1.98. The molecule has 0 amide bonds. The van der Waals surface area contributed by atoms with Gasteiger partial charge in [0.25, 0.3) is 0 Å². The van der Waals surface area contributed by atoms with Gasteiger partial charge in [-0.15, -0.1) is 0 Å². The molecule has 0 radical (unpaired) electrons. The fourth-order valence-corrected chi connectivity index (χ4v) is 3.84. The van der Waals surface area contributed by atoms with Crippen LogP contribution in [0.25, 0.3) is 11.1 Å². The topological polar surface area (TPSA) is 26.3 Å².